The summed E-state index contributed by atoms with van der Waals surface area (Å²) in [6.07, 6.45) is 0.533. The van der Waals surface area contributed by atoms with Crippen molar-refractivity contribution in [1.29, 1.82) is 0 Å². The van der Waals surface area contributed by atoms with Crippen molar-refractivity contribution in [3.05, 3.63) is 22.4 Å². The van der Waals surface area contributed by atoms with E-state index in [1.807, 2.05) is 23.4 Å². The Morgan fingerprint density at radius 2 is 2.41 bits per heavy atom. The maximum atomic E-state index is 12.0. The summed E-state index contributed by atoms with van der Waals surface area (Å²) in [5.74, 6) is 0.171. The quantitative estimate of drug-likeness (QED) is 0.763. The lowest BCUT2D eigenvalue weighted by atomic mass is 10.3. The molecule has 0 aliphatic heterocycles. The number of hydrogen-bond acceptors (Lipinski definition) is 4. The molecule has 0 radical (unpaired) electrons. The Balaban J connectivity index is 2.50. The molecule has 1 aromatic heterocycles. The molecule has 0 spiro atoms. The van der Waals surface area contributed by atoms with E-state index in [9.17, 15) is 4.79 Å². The summed E-state index contributed by atoms with van der Waals surface area (Å²) < 4.78 is 5.04. The number of carbonyl (C=O) groups excluding carboxylic acids is 1. The predicted octanol–water partition coefficient (Wildman–Crippen LogP) is 1.33. The standard InChI is InChI=1S/C12H20N2O2S/c1-13-6-5-12(15)14(7-8-16-2)10-11-4-3-9-17-11/h3-4,9,13H,5-8,10H2,1-2H3. The number of carbonyl (C=O) groups is 1. The normalized spacial score (nSPS) is 10.5. The van der Waals surface area contributed by atoms with Crippen molar-refractivity contribution in [3.63, 3.8) is 0 Å². The first-order chi connectivity index (χ1) is 8.27. The van der Waals surface area contributed by atoms with Crippen LogP contribution in [0.4, 0.5) is 0 Å². The van der Waals surface area contributed by atoms with Crippen molar-refractivity contribution in [2.75, 3.05) is 33.9 Å². The summed E-state index contributed by atoms with van der Waals surface area (Å²) in [4.78, 5) is 15.0. The van der Waals surface area contributed by atoms with Crippen molar-refractivity contribution < 1.29 is 9.53 Å². The summed E-state index contributed by atoms with van der Waals surface area (Å²) in [5, 5.41) is 5.02. The first-order valence-electron chi connectivity index (χ1n) is 5.71. The van der Waals surface area contributed by atoms with E-state index in [0.29, 0.717) is 32.7 Å². The first-order valence-corrected chi connectivity index (χ1v) is 6.59. The smallest absolute Gasteiger partial charge is 0.224 e. The number of ether oxygens (including phenoxy) is 1. The van der Waals surface area contributed by atoms with Crippen molar-refractivity contribution >= 4 is 17.2 Å². The molecule has 1 amide bonds. The topological polar surface area (TPSA) is 41.6 Å². The maximum absolute atomic E-state index is 12.0. The molecular weight excluding hydrogens is 236 g/mol. The van der Waals surface area contributed by atoms with Crippen LogP contribution in [0.2, 0.25) is 0 Å². The second-order valence-corrected chi connectivity index (χ2v) is 4.77. The molecule has 0 aromatic carbocycles. The van der Waals surface area contributed by atoms with E-state index in [1.165, 1.54) is 4.88 Å². The average Bonchev–Trinajstić information content (AvgIpc) is 2.84. The highest BCUT2D eigenvalue weighted by atomic mass is 32.1. The molecule has 4 nitrogen and oxygen atoms in total. The molecule has 0 fully saturated rings. The minimum absolute atomic E-state index is 0.171. The fourth-order valence-electron chi connectivity index (χ4n) is 1.47. The third-order valence-electron chi connectivity index (χ3n) is 2.43. The van der Waals surface area contributed by atoms with Gasteiger partial charge in [-0.15, -0.1) is 11.3 Å². The second-order valence-electron chi connectivity index (χ2n) is 3.74. The Morgan fingerprint density at radius 1 is 1.59 bits per heavy atom. The van der Waals surface area contributed by atoms with Crippen molar-refractivity contribution in [3.8, 4) is 0 Å². The minimum Gasteiger partial charge on any atom is -0.383 e. The van der Waals surface area contributed by atoms with Crippen molar-refractivity contribution in [1.82, 2.24) is 10.2 Å². The Bertz CT molecular complexity index is 314. The number of amides is 1. The van der Waals surface area contributed by atoms with Gasteiger partial charge in [0.1, 0.15) is 0 Å². The largest absolute Gasteiger partial charge is 0.383 e. The first kappa shape index (κ1) is 14.2. The number of hydrogen-bond donors (Lipinski definition) is 1. The summed E-state index contributed by atoms with van der Waals surface area (Å²) in [6, 6.07) is 4.06. The Morgan fingerprint density at radius 3 is 3.00 bits per heavy atom. The van der Waals surface area contributed by atoms with E-state index in [2.05, 4.69) is 11.4 Å². The van der Waals surface area contributed by atoms with Crippen LogP contribution in [0.3, 0.4) is 0 Å². The number of thiophene rings is 1. The highest BCUT2D eigenvalue weighted by Gasteiger charge is 2.13. The number of methoxy groups -OCH3 is 1. The van der Waals surface area contributed by atoms with Gasteiger partial charge in [0, 0.05) is 31.5 Å². The lowest BCUT2D eigenvalue weighted by molar-refractivity contribution is -0.132. The molecule has 96 valence electrons. The molecule has 1 heterocycles. The van der Waals surface area contributed by atoms with Gasteiger partial charge in [-0.2, -0.15) is 0 Å². The van der Waals surface area contributed by atoms with E-state index >= 15 is 0 Å². The third-order valence-corrected chi connectivity index (χ3v) is 3.29. The zero-order valence-electron chi connectivity index (χ0n) is 10.4. The molecule has 1 aromatic rings. The summed E-state index contributed by atoms with van der Waals surface area (Å²) in [6.45, 7) is 2.63. The molecular formula is C12H20N2O2S. The molecule has 0 aliphatic rings. The maximum Gasteiger partial charge on any atom is 0.224 e. The molecule has 5 heteroatoms. The van der Waals surface area contributed by atoms with Gasteiger partial charge < -0.3 is 15.0 Å². The number of nitrogens with zero attached hydrogens (tertiary/aromatic N) is 1. The van der Waals surface area contributed by atoms with E-state index in [-0.39, 0.29) is 5.91 Å². The Labute approximate surface area is 107 Å². The van der Waals surface area contributed by atoms with E-state index < -0.39 is 0 Å². The summed E-state index contributed by atoms with van der Waals surface area (Å²) in [5.41, 5.74) is 0. The van der Waals surface area contributed by atoms with E-state index in [4.69, 9.17) is 4.74 Å². The Kier molecular flexibility index (Phi) is 6.84. The van der Waals surface area contributed by atoms with Crippen LogP contribution in [0.1, 0.15) is 11.3 Å². The van der Waals surface area contributed by atoms with Crippen LogP contribution >= 0.6 is 11.3 Å². The van der Waals surface area contributed by atoms with Crippen molar-refractivity contribution in [2.45, 2.75) is 13.0 Å². The molecule has 0 saturated heterocycles. The van der Waals surface area contributed by atoms with Crippen LogP contribution in [0.5, 0.6) is 0 Å². The second kappa shape index (κ2) is 8.22. The summed E-state index contributed by atoms with van der Waals surface area (Å²) >= 11 is 1.68. The van der Waals surface area contributed by atoms with Gasteiger partial charge in [0.25, 0.3) is 0 Å². The van der Waals surface area contributed by atoms with Gasteiger partial charge in [0.05, 0.1) is 13.2 Å². The van der Waals surface area contributed by atoms with E-state index in [0.717, 1.165) is 0 Å². The molecule has 0 atom stereocenters. The lowest BCUT2D eigenvalue weighted by Crippen LogP contribution is -2.34. The average molecular weight is 256 g/mol. The van der Waals surface area contributed by atoms with Crippen LogP contribution in [0, 0.1) is 0 Å². The molecule has 0 bridgehead atoms. The highest BCUT2D eigenvalue weighted by molar-refractivity contribution is 7.09. The van der Waals surface area contributed by atoms with Gasteiger partial charge in [-0.05, 0) is 18.5 Å². The molecule has 0 unspecified atom stereocenters. The van der Waals surface area contributed by atoms with Crippen LogP contribution in [0.25, 0.3) is 0 Å². The molecule has 1 rings (SSSR count). The van der Waals surface area contributed by atoms with Crippen LogP contribution in [-0.2, 0) is 16.1 Å². The Hall–Kier alpha value is -0.910. The fourth-order valence-corrected chi connectivity index (χ4v) is 2.19. The molecule has 17 heavy (non-hydrogen) atoms. The van der Waals surface area contributed by atoms with Gasteiger partial charge in [0.2, 0.25) is 5.91 Å². The third kappa shape index (κ3) is 5.30. The molecule has 0 saturated carbocycles. The molecule has 0 aliphatic carbocycles. The van der Waals surface area contributed by atoms with Gasteiger partial charge in [-0.25, -0.2) is 0 Å². The van der Waals surface area contributed by atoms with Crippen molar-refractivity contribution in [2.24, 2.45) is 0 Å². The fraction of sp³-hybridized carbons (Fsp3) is 0.583. The lowest BCUT2D eigenvalue weighted by Gasteiger charge is -2.21. The zero-order valence-corrected chi connectivity index (χ0v) is 11.3. The van der Waals surface area contributed by atoms with Crippen LogP contribution in [-0.4, -0.2) is 44.7 Å². The van der Waals surface area contributed by atoms with Gasteiger partial charge in [0.15, 0.2) is 0 Å². The number of rotatable bonds is 8. The zero-order chi connectivity index (χ0) is 12.5. The van der Waals surface area contributed by atoms with Crippen LogP contribution < -0.4 is 5.32 Å². The van der Waals surface area contributed by atoms with Gasteiger partial charge >= 0.3 is 0 Å². The van der Waals surface area contributed by atoms with Gasteiger partial charge in [-0.1, -0.05) is 6.07 Å². The highest BCUT2D eigenvalue weighted by Crippen LogP contribution is 2.12. The minimum atomic E-state index is 0.171. The predicted molar refractivity (Wildman–Crippen MR) is 70.2 cm³/mol. The molecule has 1 N–H and O–H groups in total. The van der Waals surface area contributed by atoms with E-state index in [1.54, 1.807) is 18.4 Å². The van der Waals surface area contributed by atoms with Crippen LogP contribution in [0.15, 0.2) is 17.5 Å². The van der Waals surface area contributed by atoms with Gasteiger partial charge in [-0.3, -0.25) is 4.79 Å². The number of nitrogens with one attached hydrogen (secondary N) is 1. The SMILES string of the molecule is CNCCC(=O)N(CCOC)Cc1cccs1. The monoisotopic (exact) mass is 256 g/mol. The summed E-state index contributed by atoms with van der Waals surface area (Å²) in [7, 11) is 3.51.